The smallest absolute Gasteiger partial charge is 0.261 e. The van der Waals surface area contributed by atoms with Crippen molar-refractivity contribution in [3.05, 3.63) is 53.1 Å². The summed E-state index contributed by atoms with van der Waals surface area (Å²) in [5.41, 5.74) is 0.545. The number of sulfonamides is 1. The average Bonchev–Trinajstić information content (AvgIpc) is 2.76. The highest BCUT2D eigenvalue weighted by atomic mass is 35.5. The number of amides is 1. The molecule has 3 rings (SSSR count). The van der Waals surface area contributed by atoms with Crippen LogP contribution in [-0.2, 0) is 10.0 Å². The Bertz CT molecular complexity index is 1050. The lowest BCUT2D eigenvalue weighted by Gasteiger charge is -2.33. The van der Waals surface area contributed by atoms with Crippen LogP contribution in [0.1, 0.15) is 44.0 Å². The lowest BCUT2D eigenvalue weighted by molar-refractivity contribution is 0.0907. The van der Waals surface area contributed by atoms with Gasteiger partial charge in [-0.2, -0.15) is 0 Å². The highest BCUT2D eigenvalue weighted by molar-refractivity contribution is 7.92. The molecule has 0 atom stereocenters. The number of hydrogen-bond donors (Lipinski definition) is 2. The van der Waals surface area contributed by atoms with Crippen LogP contribution in [0.2, 0.25) is 5.02 Å². The summed E-state index contributed by atoms with van der Waals surface area (Å²) in [6, 6.07) is 10.8. The summed E-state index contributed by atoms with van der Waals surface area (Å²) >= 11 is 6.25. The van der Waals surface area contributed by atoms with Gasteiger partial charge in [0.25, 0.3) is 15.9 Å². The van der Waals surface area contributed by atoms with Crippen molar-refractivity contribution in [2.75, 3.05) is 31.0 Å². The van der Waals surface area contributed by atoms with E-state index in [1.54, 1.807) is 24.3 Å². The molecule has 1 aliphatic rings. The monoisotopic (exact) mass is 493 g/mol. The first-order chi connectivity index (χ1) is 15.7. The fourth-order valence-corrected chi connectivity index (χ4v) is 5.17. The fraction of sp³-hybridized carbons (Fsp3) is 0.458. The number of hydrogen-bond acceptors (Lipinski definition) is 5. The molecule has 0 spiro atoms. The molecule has 0 unspecified atom stereocenters. The minimum Gasteiger partial charge on any atom is -0.494 e. The lowest BCUT2D eigenvalue weighted by Crippen LogP contribution is -2.45. The van der Waals surface area contributed by atoms with Crippen LogP contribution >= 0.6 is 11.6 Å². The van der Waals surface area contributed by atoms with Gasteiger partial charge in [-0.05, 0) is 68.1 Å². The number of rotatable bonds is 9. The second kappa shape index (κ2) is 11.2. The summed E-state index contributed by atoms with van der Waals surface area (Å²) in [5.74, 6) is 0.900. The second-order valence-corrected chi connectivity index (χ2v) is 10.7. The van der Waals surface area contributed by atoms with Crippen LogP contribution < -0.4 is 14.8 Å². The highest BCUT2D eigenvalue weighted by Crippen LogP contribution is 2.24. The summed E-state index contributed by atoms with van der Waals surface area (Å²) in [6.07, 6.45) is 1.71. The Morgan fingerprint density at radius 1 is 1.15 bits per heavy atom. The molecule has 7 nitrogen and oxygen atoms in total. The largest absolute Gasteiger partial charge is 0.494 e. The Balaban J connectivity index is 1.67. The SMILES string of the molecule is CCOc1ccc(NS(=O)(=O)c2ccc(Cl)c(C(=O)NC3CCN(CC(C)C)CC3)c2)cc1. The zero-order valence-corrected chi connectivity index (χ0v) is 20.9. The lowest BCUT2D eigenvalue weighted by atomic mass is 10.0. The summed E-state index contributed by atoms with van der Waals surface area (Å²) in [5, 5.41) is 3.23. The maximum absolute atomic E-state index is 12.9. The van der Waals surface area contributed by atoms with E-state index in [0.717, 1.165) is 32.5 Å². The van der Waals surface area contributed by atoms with Crippen LogP contribution in [0.25, 0.3) is 0 Å². The van der Waals surface area contributed by atoms with E-state index in [2.05, 4.69) is 28.8 Å². The van der Waals surface area contributed by atoms with E-state index in [0.29, 0.717) is 24.0 Å². The minimum absolute atomic E-state index is 0.0299. The molecule has 1 heterocycles. The van der Waals surface area contributed by atoms with E-state index in [-0.39, 0.29) is 27.4 Å². The van der Waals surface area contributed by atoms with Crippen LogP contribution in [0, 0.1) is 5.92 Å². The summed E-state index contributed by atoms with van der Waals surface area (Å²) in [7, 11) is -3.90. The number of nitrogens with zero attached hydrogens (tertiary/aromatic N) is 1. The van der Waals surface area contributed by atoms with E-state index in [9.17, 15) is 13.2 Å². The van der Waals surface area contributed by atoms with Crippen molar-refractivity contribution in [2.24, 2.45) is 5.92 Å². The number of piperidine rings is 1. The Morgan fingerprint density at radius 3 is 2.42 bits per heavy atom. The van der Waals surface area contributed by atoms with E-state index in [4.69, 9.17) is 16.3 Å². The van der Waals surface area contributed by atoms with Crippen molar-refractivity contribution in [1.29, 1.82) is 0 Å². The van der Waals surface area contributed by atoms with Crippen LogP contribution in [0.4, 0.5) is 5.69 Å². The molecule has 33 heavy (non-hydrogen) atoms. The summed E-state index contributed by atoms with van der Waals surface area (Å²) in [4.78, 5) is 15.3. The molecule has 1 aliphatic heterocycles. The minimum atomic E-state index is -3.90. The van der Waals surface area contributed by atoms with Gasteiger partial charge >= 0.3 is 0 Å². The molecule has 2 aromatic rings. The molecule has 2 N–H and O–H groups in total. The molecule has 0 saturated carbocycles. The van der Waals surface area contributed by atoms with Gasteiger partial charge in [0, 0.05) is 31.4 Å². The van der Waals surface area contributed by atoms with Gasteiger partial charge in [0.1, 0.15) is 5.75 Å². The number of anilines is 1. The van der Waals surface area contributed by atoms with Crippen LogP contribution in [0.5, 0.6) is 5.75 Å². The molecule has 180 valence electrons. The molecule has 0 radical (unpaired) electrons. The van der Waals surface area contributed by atoms with Crippen molar-refractivity contribution in [1.82, 2.24) is 10.2 Å². The first-order valence-corrected chi connectivity index (χ1v) is 13.1. The highest BCUT2D eigenvalue weighted by Gasteiger charge is 2.24. The van der Waals surface area contributed by atoms with Crippen LogP contribution in [0.15, 0.2) is 47.4 Å². The third-order valence-electron chi connectivity index (χ3n) is 5.46. The van der Waals surface area contributed by atoms with Crippen molar-refractivity contribution in [3.63, 3.8) is 0 Å². The van der Waals surface area contributed by atoms with E-state index >= 15 is 0 Å². The standard InChI is InChI=1S/C24H32ClN3O4S/c1-4-32-20-7-5-19(6-8-20)27-33(30,31)21-9-10-23(25)22(15-21)24(29)26-18-11-13-28(14-12-18)16-17(2)3/h5-10,15,17-18,27H,4,11-14,16H2,1-3H3,(H,26,29). The zero-order chi connectivity index (χ0) is 24.0. The van der Waals surface area contributed by atoms with Crippen molar-refractivity contribution >= 4 is 33.2 Å². The first kappa shape index (κ1) is 25.3. The molecule has 2 aromatic carbocycles. The third kappa shape index (κ3) is 7.09. The van der Waals surface area contributed by atoms with Gasteiger partial charge in [0.15, 0.2) is 0 Å². The summed E-state index contributed by atoms with van der Waals surface area (Å²) in [6.45, 7) is 9.70. The van der Waals surface area contributed by atoms with Crippen molar-refractivity contribution in [2.45, 2.75) is 44.6 Å². The normalized spacial score (nSPS) is 15.4. The van der Waals surface area contributed by atoms with Gasteiger partial charge in [0.2, 0.25) is 0 Å². The Labute approximate surface area is 201 Å². The molecule has 9 heteroatoms. The van der Waals surface area contributed by atoms with Gasteiger partial charge in [-0.1, -0.05) is 25.4 Å². The summed E-state index contributed by atoms with van der Waals surface area (Å²) < 4.78 is 33.7. The van der Waals surface area contributed by atoms with Crippen LogP contribution in [-0.4, -0.2) is 51.5 Å². The van der Waals surface area contributed by atoms with Gasteiger partial charge in [0.05, 0.1) is 22.1 Å². The van der Waals surface area contributed by atoms with E-state index in [1.165, 1.54) is 18.2 Å². The molecular formula is C24H32ClN3O4S. The third-order valence-corrected chi connectivity index (χ3v) is 7.16. The first-order valence-electron chi connectivity index (χ1n) is 11.3. The topological polar surface area (TPSA) is 87.7 Å². The fourth-order valence-electron chi connectivity index (χ4n) is 3.88. The average molecular weight is 494 g/mol. The number of ether oxygens (including phenoxy) is 1. The van der Waals surface area contributed by atoms with Crippen LogP contribution in [0.3, 0.4) is 0 Å². The predicted octanol–water partition coefficient (Wildman–Crippen LogP) is 4.39. The molecule has 0 aliphatic carbocycles. The number of likely N-dealkylation sites (tertiary alicyclic amines) is 1. The molecule has 1 fully saturated rings. The Morgan fingerprint density at radius 2 is 1.82 bits per heavy atom. The second-order valence-electron chi connectivity index (χ2n) is 8.65. The van der Waals surface area contributed by atoms with E-state index in [1.807, 2.05) is 6.92 Å². The maximum Gasteiger partial charge on any atom is 0.261 e. The molecular weight excluding hydrogens is 462 g/mol. The molecule has 1 saturated heterocycles. The number of carbonyl (C=O) groups excluding carboxylic acids is 1. The number of halogens is 1. The number of benzene rings is 2. The number of nitrogens with one attached hydrogen (secondary N) is 2. The van der Waals surface area contributed by atoms with Crippen molar-refractivity contribution < 1.29 is 17.9 Å². The predicted molar refractivity (Wildman–Crippen MR) is 132 cm³/mol. The number of carbonyl (C=O) groups is 1. The maximum atomic E-state index is 12.9. The van der Waals surface area contributed by atoms with Crippen molar-refractivity contribution in [3.8, 4) is 5.75 Å². The Hall–Kier alpha value is -2.29. The molecule has 0 aromatic heterocycles. The van der Waals surface area contributed by atoms with E-state index < -0.39 is 10.0 Å². The van der Waals surface area contributed by atoms with Gasteiger partial charge in [-0.3, -0.25) is 9.52 Å². The quantitative estimate of drug-likeness (QED) is 0.541. The molecule has 1 amide bonds. The zero-order valence-electron chi connectivity index (χ0n) is 19.3. The Kier molecular flexibility index (Phi) is 8.62. The van der Waals surface area contributed by atoms with Gasteiger partial charge in [-0.25, -0.2) is 8.42 Å². The molecule has 0 bridgehead atoms. The van der Waals surface area contributed by atoms with Gasteiger partial charge in [-0.15, -0.1) is 0 Å². The van der Waals surface area contributed by atoms with Gasteiger partial charge < -0.3 is 15.0 Å².